The van der Waals surface area contributed by atoms with Crippen molar-refractivity contribution in [1.82, 2.24) is 4.98 Å². The van der Waals surface area contributed by atoms with Crippen LogP contribution in [0.2, 0.25) is 10.0 Å². The second-order valence-corrected chi connectivity index (χ2v) is 6.17. The van der Waals surface area contributed by atoms with Crippen molar-refractivity contribution in [1.29, 1.82) is 0 Å². The highest BCUT2D eigenvalue weighted by Crippen LogP contribution is 2.31. The molecule has 2 heterocycles. The molecule has 0 bridgehead atoms. The van der Waals surface area contributed by atoms with Gasteiger partial charge in [0.05, 0.1) is 15.0 Å². The van der Waals surface area contributed by atoms with E-state index in [9.17, 15) is 14.5 Å². The van der Waals surface area contributed by atoms with Crippen LogP contribution in [0.5, 0.6) is 0 Å². The minimum Gasteiger partial charge on any atom is -0.362 e. The summed E-state index contributed by atoms with van der Waals surface area (Å²) in [5, 5.41) is 12.1. The first-order chi connectivity index (χ1) is 11.5. The maximum atomic E-state index is 13.5. The summed E-state index contributed by atoms with van der Waals surface area (Å²) in [5.74, 6) is 0.120. The van der Waals surface area contributed by atoms with Crippen LogP contribution in [0, 0.1) is 15.9 Å². The molecule has 2 aromatic rings. The number of benzene rings is 1. The molecule has 0 unspecified atom stereocenters. The molecule has 1 aromatic heterocycles. The van der Waals surface area contributed by atoms with Crippen molar-refractivity contribution in [3.63, 3.8) is 0 Å². The summed E-state index contributed by atoms with van der Waals surface area (Å²) in [6, 6.07) is 5.10. The molecular weight excluding hydrogens is 358 g/mol. The molecular formula is C15H13Cl2FN4O2. The van der Waals surface area contributed by atoms with Gasteiger partial charge in [0.1, 0.15) is 17.3 Å². The molecule has 3 rings (SSSR count). The topological polar surface area (TPSA) is 62.5 Å². The van der Waals surface area contributed by atoms with E-state index < -0.39 is 10.7 Å². The fourth-order valence-corrected chi connectivity index (χ4v) is 3.20. The van der Waals surface area contributed by atoms with Crippen LogP contribution in [-0.4, -0.2) is 36.1 Å². The molecule has 1 aliphatic rings. The zero-order valence-electron chi connectivity index (χ0n) is 12.5. The Morgan fingerprint density at radius 1 is 1.12 bits per heavy atom. The van der Waals surface area contributed by atoms with Crippen molar-refractivity contribution < 1.29 is 9.31 Å². The van der Waals surface area contributed by atoms with Crippen molar-refractivity contribution >= 4 is 40.4 Å². The van der Waals surface area contributed by atoms with Crippen molar-refractivity contribution in [3.05, 3.63) is 56.4 Å². The molecule has 6 nitrogen and oxygen atoms in total. The van der Waals surface area contributed by atoms with E-state index >= 15 is 0 Å². The summed E-state index contributed by atoms with van der Waals surface area (Å²) in [7, 11) is 0. The zero-order valence-corrected chi connectivity index (χ0v) is 14.0. The average molecular weight is 371 g/mol. The number of piperazine rings is 1. The Balaban J connectivity index is 1.78. The van der Waals surface area contributed by atoms with E-state index in [1.807, 2.05) is 4.90 Å². The number of nitrogens with zero attached hydrogens (tertiary/aromatic N) is 4. The molecule has 1 aromatic carbocycles. The van der Waals surface area contributed by atoms with Gasteiger partial charge in [-0.05, 0) is 12.1 Å². The molecule has 24 heavy (non-hydrogen) atoms. The van der Waals surface area contributed by atoms with Crippen LogP contribution in [0.25, 0.3) is 0 Å². The molecule has 0 radical (unpaired) electrons. The quantitative estimate of drug-likeness (QED) is 0.607. The molecule has 0 atom stereocenters. The van der Waals surface area contributed by atoms with Gasteiger partial charge in [-0.1, -0.05) is 23.2 Å². The van der Waals surface area contributed by atoms with E-state index in [2.05, 4.69) is 4.98 Å². The van der Waals surface area contributed by atoms with E-state index in [-0.39, 0.29) is 11.4 Å². The molecule has 0 spiro atoms. The standard InChI is InChI=1S/C15H13Cl2FN4O2/c16-10-7-12(17)15(19-9-10)21-5-3-20(4-6-21)14-8-11(18)1-2-13(14)22(23)24/h1-2,7-9H,3-6H2. The van der Waals surface area contributed by atoms with Crippen molar-refractivity contribution in [2.75, 3.05) is 36.0 Å². The summed E-state index contributed by atoms with van der Waals surface area (Å²) >= 11 is 12.0. The monoisotopic (exact) mass is 370 g/mol. The fraction of sp³-hybridized carbons (Fsp3) is 0.267. The highest BCUT2D eigenvalue weighted by atomic mass is 35.5. The lowest BCUT2D eigenvalue weighted by molar-refractivity contribution is -0.384. The van der Waals surface area contributed by atoms with E-state index in [0.717, 1.165) is 6.07 Å². The third kappa shape index (κ3) is 3.37. The number of aromatic nitrogens is 1. The number of nitro benzene ring substituents is 1. The third-order valence-corrected chi connectivity index (χ3v) is 4.33. The Kier molecular flexibility index (Phi) is 4.73. The molecule has 0 aliphatic carbocycles. The van der Waals surface area contributed by atoms with Crippen molar-refractivity contribution in [2.45, 2.75) is 0 Å². The Morgan fingerprint density at radius 3 is 2.42 bits per heavy atom. The second kappa shape index (κ2) is 6.78. The summed E-state index contributed by atoms with van der Waals surface area (Å²) in [4.78, 5) is 18.6. The number of nitro groups is 1. The summed E-state index contributed by atoms with van der Waals surface area (Å²) in [5.41, 5.74) is 0.183. The summed E-state index contributed by atoms with van der Waals surface area (Å²) < 4.78 is 13.5. The normalized spacial score (nSPS) is 14.8. The number of pyridine rings is 1. The van der Waals surface area contributed by atoms with E-state index in [4.69, 9.17) is 23.2 Å². The van der Waals surface area contributed by atoms with Gasteiger partial charge in [0.25, 0.3) is 5.69 Å². The maximum absolute atomic E-state index is 13.5. The van der Waals surface area contributed by atoms with Gasteiger partial charge in [-0.25, -0.2) is 9.37 Å². The number of hydrogen-bond acceptors (Lipinski definition) is 5. The number of anilines is 2. The first-order valence-corrected chi connectivity index (χ1v) is 7.96. The van der Waals surface area contributed by atoms with Crippen LogP contribution in [0.1, 0.15) is 0 Å². The molecule has 0 amide bonds. The molecule has 9 heteroatoms. The predicted octanol–water partition coefficient (Wildman–Crippen LogP) is 3.76. The summed E-state index contributed by atoms with van der Waals surface area (Å²) in [6.07, 6.45) is 1.52. The molecule has 1 saturated heterocycles. The predicted molar refractivity (Wildman–Crippen MR) is 91.7 cm³/mol. The lowest BCUT2D eigenvalue weighted by Gasteiger charge is -2.36. The number of halogens is 3. The zero-order chi connectivity index (χ0) is 17.3. The second-order valence-electron chi connectivity index (χ2n) is 5.32. The van der Waals surface area contributed by atoms with E-state index in [1.54, 1.807) is 11.0 Å². The van der Waals surface area contributed by atoms with Crippen LogP contribution >= 0.6 is 23.2 Å². The molecule has 1 aliphatic heterocycles. The smallest absolute Gasteiger partial charge is 0.292 e. The van der Waals surface area contributed by atoms with Gasteiger partial charge in [0.2, 0.25) is 0 Å². The van der Waals surface area contributed by atoms with Crippen LogP contribution in [-0.2, 0) is 0 Å². The van der Waals surface area contributed by atoms with Gasteiger partial charge in [0.15, 0.2) is 0 Å². The Morgan fingerprint density at radius 2 is 1.79 bits per heavy atom. The van der Waals surface area contributed by atoms with Crippen molar-refractivity contribution in [3.8, 4) is 0 Å². The van der Waals surface area contributed by atoms with Crippen LogP contribution < -0.4 is 9.80 Å². The lowest BCUT2D eigenvalue weighted by atomic mass is 10.2. The molecule has 0 N–H and O–H groups in total. The van der Waals surface area contributed by atoms with Gasteiger partial charge in [-0.3, -0.25) is 10.1 Å². The average Bonchev–Trinajstić information content (AvgIpc) is 2.55. The maximum Gasteiger partial charge on any atom is 0.292 e. The molecule has 1 fully saturated rings. The van der Waals surface area contributed by atoms with Gasteiger partial charge in [-0.15, -0.1) is 0 Å². The molecule has 0 saturated carbocycles. The van der Waals surface area contributed by atoms with Crippen LogP contribution in [0.3, 0.4) is 0 Å². The Bertz CT molecular complexity index is 782. The summed E-state index contributed by atoms with van der Waals surface area (Å²) in [6.45, 7) is 2.10. The highest BCUT2D eigenvalue weighted by Gasteiger charge is 2.25. The minimum atomic E-state index is -0.501. The SMILES string of the molecule is O=[N+]([O-])c1ccc(F)cc1N1CCN(c2ncc(Cl)cc2Cl)CC1. The van der Waals surface area contributed by atoms with E-state index in [0.29, 0.717) is 42.0 Å². The first kappa shape index (κ1) is 16.7. The van der Waals surface area contributed by atoms with Crippen LogP contribution in [0.4, 0.5) is 21.6 Å². The van der Waals surface area contributed by atoms with Gasteiger partial charge in [0, 0.05) is 44.5 Å². The van der Waals surface area contributed by atoms with Gasteiger partial charge < -0.3 is 9.80 Å². The van der Waals surface area contributed by atoms with Gasteiger partial charge in [-0.2, -0.15) is 0 Å². The van der Waals surface area contributed by atoms with E-state index in [1.165, 1.54) is 18.3 Å². The number of rotatable bonds is 3. The lowest BCUT2D eigenvalue weighted by Crippen LogP contribution is -2.47. The minimum absolute atomic E-state index is 0.104. The highest BCUT2D eigenvalue weighted by molar-refractivity contribution is 6.36. The largest absolute Gasteiger partial charge is 0.362 e. The Hall–Kier alpha value is -2.12. The molecule has 126 valence electrons. The first-order valence-electron chi connectivity index (χ1n) is 7.20. The Labute approximate surface area is 147 Å². The van der Waals surface area contributed by atoms with Crippen molar-refractivity contribution in [2.24, 2.45) is 0 Å². The third-order valence-electron chi connectivity index (χ3n) is 3.84. The van der Waals surface area contributed by atoms with Crippen LogP contribution in [0.15, 0.2) is 30.5 Å². The fourth-order valence-electron chi connectivity index (χ4n) is 2.70. The van der Waals surface area contributed by atoms with Gasteiger partial charge >= 0.3 is 0 Å². The number of hydrogen-bond donors (Lipinski definition) is 0.